The molecule has 4 rings (SSSR count). The highest BCUT2D eigenvalue weighted by molar-refractivity contribution is 5.91. The molecule has 5 heteroatoms. The summed E-state index contributed by atoms with van der Waals surface area (Å²) in [5.41, 5.74) is 2.84. The average molecular weight is 441 g/mol. The molecule has 1 heterocycles. The molecule has 1 atom stereocenters. The minimum Gasteiger partial charge on any atom is -0.480 e. The van der Waals surface area contributed by atoms with Gasteiger partial charge in [-0.3, -0.25) is 9.69 Å². The summed E-state index contributed by atoms with van der Waals surface area (Å²) in [5, 5.41) is 9.96. The van der Waals surface area contributed by atoms with Gasteiger partial charge >= 0.3 is 5.97 Å². The lowest BCUT2D eigenvalue weighted by atomic mass is 9.89. The third-order valence-electron chi connectivity index (χ3n) is 6.02. The summed E-state index contributed by atoms with van der Waals surface area (Å²) in [6.07, 6.45) is 4.08. The highest BCUT2D eigenvalue weighted by Crippen LogP contribution is 2.28. The maximum absolute atomic E-state index is 13.7. The monoisotopic (exact) mass is 440 g/mol. The number of nitrogens with zero attached hydrogens (tertiary/aromatic N) is 2. The topological polar surface area (TPSA) is 60.9 Å². The van der Waals surface area contributed by atoms with E-state index < -0.39 is 17.9 Å². The summed E-state index contributed by atoms with van der Waals surface area (Å²) in [6.45, 7) is 1.95. The van der Waals surface area contributed by atoms with Crippen molar-refractivity contribution in [3.63, 3.8) is 0 Å². The van der Waals surface area contributed by atoms with E-state index in [2.05, 4.69) is 4.90 Å². The van der Waals surface area contributed by atoms with Crippen molar-refractivity contribution in [2.45, 2.75) is 12.0 Å². The lowest BCUT2D eigenvalue weighted by Crippen LogP contribution is -2.59. The van der Waals surface area contributed by atoms with E-state index in [0.717, 1.165) is 16.7 Å². The highest BCUT2D eigenvalue weighted by Gasteiger charge is 2.38. The number of hydrogen-bond acceptors (Lipinski definition) is 3. The fourth-order valence-electron chi connectivity index (χ4n) is 4.32. The molecule has 1 fully saturated rings. The van der Waals surface area contributed by atoms with Gasteiger partial charge in [-0.15, -0.1) is 0 Å². The molecule has 0 aliphatic carbocycles. The molecule has 1 saturated heterocycles. The largest absolute Gasteiger partial charge is 0.480 e. The lowest BCUT2D eigenvalue weighted by molar-refractivity contribution is -0.153. The van der Waals surface area contributed by atoms with Crippen LogP contribution >= 0.6 is 0 Å². The van der Waals surface area contributed by atoms with Crippen molar-refractivity contribution in [1.82, 2.24) is 9.80 Å². The van der Waals surface area contributed by atoms with Crippen LogP contribution in [0.15, 0.2) is 97.1 Å². The van der Waals surface area contributed by atoms with E-state index >= 15 is 0 Å². The number of benzene rings is 3. The van der Waals surface area contributed by atoms with E-state index in [1.807, 2.05) is 103 Å². The standard InChI is InChI=1S/C28H28N2O3/c31-27(26(23-14-6-2-7-15-23)24-16-8-3-9-17-24)30-20-19-29(21-25(30)28(32)33)18-10-13-22-11-4-1-5-12-22/h1-17,25-26H,18-21H2,(H,32,33). The van der Waals surface area contributed by atoms with Crippen LogP contribution < -0.4 is 0 Å². The number of rotatable bonds is 7. The van der Waals surface area contributed by atoms with E-state index in [4.69, 9.17) is 0 Å². The van der Waals surface area contributed by atoms with Crippen LogP contribution in [0.1, 0.15) is 22.6 Å². The minimum absolute atomic E-state index is 0.167. The van der Waals surface area contributed by atoms with Gasteiger partial charge in [-0.25, -0.2) is 4.79 Å². The van der Waals surface area contributed by atoms with Gasteiger partial charge in [0.25, 0.3) is 0 Å². The number of hydrogen-bond donors (Lipinski definition) is 1. The van der Waals surface area contributed by atoms with Gasteiger partial charge < -0.3 is 10.0 Å². The minimum atomic E-state index is -0.972. The second kappa shape index (κ2) is 10.7. The van der Waals surface area contributed by atoms with Crippen LogP contribution in [0, 0.1) is 0 Å². The number of carboxylic acid groups (broad SMARTS) is 1. The van der Waals surface area contributed by atoms with Crippen molar-refractivity contribution >= 4 is 18.0 Å². The zero-order chi connectivity index (χ0) is 23.0. The van der Waals surface area contributed by atoms with Crippen LogP contribution in [0.3, 0.4) is 0 Å². The van der Waals surface area contributed by atoms with Crippen molar-refractivity contribution < 1.29 is 14.7 Å². The Morgan fingerprint density at radius 3 is 1.94 bits per heavy atom. The lowest BCUT2D eigenvalue weighted by Gasteiger charge is -2.40. The Balaban J connectivity index is 1.51. The van der Waals surface area contributed by atoms with Crippen molar-refractivity contribution in [3.8, 4) is 0 Å². The molecule has 0 saturated carbocycles. The molecule has 0 bridgehead atoms. The van der Waals surface area contributed by atoms with E-state index in [0.29, 0.717) is 26.2 Å². The molecule has 3 aromatic rings. The van der Waals surface area contributed by atoms with E-state index in [-0.39, 0.29) is 5.91 Å². The predicted octanol–water partition coefficient (Wildman–Crippen LogP) is 4.13. The molecule has 1 aliphatic heterocycles. The van der Waals surface area contributed by atoms with E-state index in [9.17, 15) is 14.7 Å². The van der Waals surface area contributed by atoms with Gasteiger partial charge in [0.05, 0.1) is 5.92 Å². The molecule has 1 aliphatic rings. The first kappa shape index (κ1) is 22.5. The summed E-state index contributed by atoms with van der Waals surface area (Å²) in [5.74, 6) is -1.67. The first-order valence-electron chi connectivity index (χ1n) is 11.2. The molecule has 1 N–H and O–H groups in total. The zero-order valence-corrected chi connectivity index (χ0v) is 18.5. The Hall–Kier alpha value is -3.70. The van der Waals surface area contributed by atoms with E-state index in [1.165, 1.54) is 0 Å². The molecule has 0 aromatic heterocycles. The summed E-state index contributed by atoms with van der Waals surface area (Å²) < 4.78 is 0. The van der Waals surface area contributed by atoms with Crippen LogP contribution in [-0.2, 0) is 9.59 Å². The molecule has 1 amide bonds. The Labute approximate surface area is 194 Å². The molecule has 0 radical (unpaired) electrons. The van der Waals surface area contributed by atoms with Crippen molar-refractivity contribution in [2.75, 3.05) is 26.2 Å². The van der Waals surface area contributed by atoms with Crippen molar-refractivity contribution in [1.29, 1.82) is 0 Å². The maximum Gasteiger partial charge on any atom is 0.327 e. The SMILES string of the molecule is O=C(O)C1CN(CC=Cc2ccccc2)CCN1C(=O)C(c1ccccc1)c1ccccc1. The summed E-state index contributed by atoms with van der Waals surface area (Å²) in [6, 6.07) is 28.3. The Kier molecular flexibility index (Phi) is 7.33. The average Bonchev–Trinajstić information content (AvgIpc) is 2.86. The normalized spacial score (nSPS) is 16.9. The van der Waals surface area contributed by atoms with Gasteiger partial charge in [0.15, 0.2) is 0 Å². The molecular weight excluding hydrogens is 412 g/mol. The summed E-state index contributed by atoms with van der Waals surface area (Å²) in [4.78, 5) is 29.5. The van der Waals surface area contributed by atoms with Gasteiger partial charge in [0, 0.05) is 26.2 Å². The molecule has 1 unspecified atom stereocenters. The van der Waals surface area contributed by atoms with Crippen LogP contribution in [0.2, 0.25) is 0 Å². The number of carboxylic acids is 1. The fourth-order valence-corrected chi connectivity index (χ4v) is 4.32. The molecule has 0 spiro atoms. The predicted molar refractivity (Wildman–Crippen MR) is 130 cm³/mol. The summed E-state index contributed by atoms with van der Waals surface area (Å²) >= 11 is 0. The number of carbonyl (C=O) groups excluding carboxylic acids is 1. The number of carbonyl (C=O) groups is 2. The molecule has 5 nitrogen and oxygen atoms in total. The Morgan fingerprint density at radius 2 is 1.39 bits per heavy atom. The van der Waals surface area contributed by atoms with Gasteiger partial charge in [0.2, 0.25) is 5.91 Å². The number of aliphatic carboxylic acids is 1. The molecule has 33 heavy (non-hydrogen) atoms. The van der Waals surface area contributed by atoms with Crippen LogP contribution in [0.5, 0.6) is 0 Å². The number of piperazine rings is 1. The smallest absolute Gasteiger partial charge is 0.327 e. The third kappa shape index (κ3) is 5.57. The quantitative estimate of drug-likeness (QED) is 0.600. The summed E-state index contributed by atoms with van der Waals surface area (Å²) in [7, 11) is 0. The van der Waals surface area contributed by atoms with Gasteiger partial charge in [-0.05, 0) is 16.7 Å². The first-order valence-corrected chi connectivity index (χ1v) is 11.2. The maximum atomic E-state index is 13.7. The molecular formula is C28H28N2O3. The highest BCUT2D eigenvalue weighted by atomic mass is 16.4. The van der Waals surface area contributed by atoms with Gasteiger partial charge in [0.1, 0.15) is 6.04 Å². The number of amides is 1. The van der Waals surface area contributed by atoms with Crippen LogP contribution in [-0.4, -0.2) is 59.0 Å². The first-order chi connectivity index (χ1) is 16.1. The van der Waals surface area contributed by atoms with Crippen molar-refractivity contribution in [2.24, 2.45) is 0 Å². The van der Waals surface area contributed by atoms with Gasteiger partial charge in [-0.1, -0.05) is 103 Å². The Bertz CT molecular complexity index is 1040. The molecule has 3 aromatic carbocycles. The van der Waals surface area contributed by atoms with Crippen molar-refractivity contribution in [3.05, 3.63) is 114 Å². The third-order valence-corrected chi connectivity index (χ3v) is 6.02. The van der Waals surface area contributed by atoms with Gasteiger partial charge in [-0.2, -0.15) is 0 Å². The van der Waals surface area contributed by atoms with Crippen LogP contribution in [0.4, 0.5) is 0 Å². The molecule has 168 valence electrons. The fraction of sp³-hybridized carbons (Fsp3) is 0.214. The zero-order valence-electron chi connectivity index (χ0n) is 18.5. The second-order valence-electron chi connectivity index (χ2n) is 8.21. The van der Waals surface area contributed by atoms with E-state index in [1.54, 1.807) is 4.90 Å². The Morgan fingerprint density at radius 1 is 0.848 bits per heavy atom. The second-order valence-corrected chi connectivity index (χ2v) is 8.21. The van der Waals surface area contributed by atoms with Crippen LogP contribution in [0.25, 0.3) is 6.08 Å².